The van der Waals surface area contributed by atoms with Crippen molar-refractivity contribution in [3.05, 3.63) is 20.8 Å². The number of likely N-dealkylation sites (tertiary alicyclic amines) is 1. The lowest BCUT2D eigenvalue weighted by molar-refractivity contribution is -0.0661. The highest BCUT2D eigenvalue weighted by molar-refractivity contribution is 7.16. The maximum atomic E-state index is 14.0. The van der Waals surface area contributed by atoms with Gasteiger partial charge in [0.2, 0.25) is 0 Å². The zero-order chi connectivity index (χ0) is 19.0. The molecule has 1 aliphatic rings. The number of carbonyl (C=O) groups excluding carboxylic acids is 1. The Morgan fingerprint density at radius 1 is 1.40 bits per heavy atom. The number of rotatable bonds is 3. The van der Waals surface area contributed by atoms with Crippen molar-refractivity contribution in [3.8, 4) is 0 Å². The second-order valence-electron chi connectivity index (χ2n) is 7.15. The van der Waals surface area contributed by atoms with Gasteiger partial charge < -0.3 is 19.8 Å². The molecule has 0 atom stereocenters. The van der Waals surface area contributed by atoms with Gasteiger partial charge in [-0.25, -0.2) is 4.79 Å². The van der Waals surface area contributed by atoms with Crippen molar-refractivity contribution in [2.24, 2.45) is 0 Å². The van der Waals surface area contributed by atoms with Crippen LogP contribution in [0.3, 0.4) is 0 Å². The lowest BCUT2D eigenvalue weighted by Crippen LogP contribution is -2.47. The predicted octanol–water partition coefficient (Wildman–Crippen LogP) is 3.70. The van der Waals surface area contributed by atoms with Gasteiger partial charge in [-0.2, -0.15) is 8.78 Å². The van der Waals surface area contributed by atoms with E-state index in [1.54, 1.807) is 20.8 Å². The fraction of sp³-hybridized carbons (Fsp3) is 0.688. The molecule has 5 nitrogen and oxygen atoms in total. The van der Waals surface area contributed by atoms with Gasteiger partial charge in [0.15, 0.2) is 0 Å². The fourth-order valence-electron chi connectivity index (χ4n) is 2.68. The summed E-state index contributed by atoms with van der Waals surface area (Å²) >= 11 is 6.74. The number of nitrogens with zero attached hydrogens (tertiary/aromatic N) is 1. The van der Waals surface area contributed by atoms with Gasteiger partial charge in [-0.05, 0) is 39.7 Å². The molecule has 1 fully saturated rings. The molecule has 2 heterocycles. The molecule has 0 bridgehead atoms. The Bertz CT molecular complexity index is 637. The molecular formula is C16H22ClF2NO4S. The maximum absolute atomic E-state index is 14.0. The first-order valence-electron chi connectivity index (χ1n) is 7.87. The molecule has 1 amide bonds. The van der Waals surface area contributed by atoms with E-state index in [-0.39, 0.29) is 35.1 Å². The molecule has 1 aliphatic heterocycles. The Morgan fingerprint density at radius 2 is 1.96 bits per heavy atom. The summed E-state index contributed by atoms with van der Waals surface area (Å²) in [6, 6.07) is 1.08. The minimum Gasteiger partial charge on any atom is -0.444 e. The molecule has 1 saturated heterocycles. The summed E-state index contributed by atoms with van der Waals surface area (Å²) in [5.74, 6) is -3.49. The number of aliphatic hydroxyl groups excluding tert-OH is 1. The van der Waals surface area contributed by atoms with Crippen molar-refractivity contribution in [3.63, 3.8) is 0 Å². The number of alkyl halides is 2. The Labute approximate surface area is 154 Å². The molecule has 1 aromatic rings. The van der Waals surface area contributed by atoms with Crippen molar-refractivity contribution in [2.75, 3.05) is 19.7 Å². The van der Waals surface area contributed by atoms with Crippen LogP contribution in [0, 0.1) is 0 Å². The number of piperidine rings is 1. The van der Waals surface area contributed by atoms with E-state index in [1.165, 1.54) is 4.90 Å². The first-order chi connectivity index (χ1) is 11.4. The minimum atomic E-state index is -3.49. The van der Waals surface area contributed by atoms with Crippen LogP contribution in [0.25, 0.3) is 0 Å². The van der Waals surface area contributed by atoms with E-state index in [0.717, 1.165) is 17.4 Å². The standard InChI is InChI=1S/C16H22ClF2NO4S/c1-14(2,3)24-13(22)20-6-4-15(23,5-7-20)12-10(8-11(17)25-12)16(18,19)9-21/h8,21,23H,4-7,9H2,1-3H3. The Hall–Kier alpha value is -0.960. The molecule has 0 radical (unpaired) electrons. The average molecular weight is 398 g/mol. The third-order valence-electron chi connectivity index (χ3n) is 3.96. The molecule has 9 heteroatoms. The quantitative estimate of drug-likeness (QED) is 0.815. The van der Waals surface area contributed by atoms with Gasteiger partial charge >= 0.3 is 6.09 Å². The van der Waals surface area contributed by atoms with E-state index in [9.17, 15) is 18.7 Å². The second-order valence-corrected chi connectivity index (χ2v) is 8.84. The van der Waals surface area contributed by atoms with Crippen LogP contribution in [0.1, 0.15) is 44.1 Å². The van der Waals surface area contributed by atoms with Crippen molar-refractivity contribution in [1.82, 2.24) is 4.90 Å². The minimum absolute atomic E-state index is 0.0420. The first-order valence-corrected chi connectivity index (χ1v) is 9.07. The average Bonchev–Trinajstić information content (AvgIpc) is 2.90. The number of thiophene rings is 1. The number of hydrogen-bond acceptors (Lipinski definition) is 5. The number of carbonyl (C=O) groups is 1. The number of ether oxygens (including phenoxy) is 1. The van der Waals surface area contributed by atoms with Gasteiger partial charge in [-0.3, -0.25) is 0 Å². The van der Waals surface area contributed by atoms with E-state index < -0.39 is 35.4 Å². The Kier molecular flexibility index (Phi) is 5.68. The van der Waals surface area contributed by atoms with Gasteiger partial charge in [0.25, 0.3) is 5.92 Å². The molecule has 1 aromatic heterocycles. The summed E-state index contributed by atoms with van der Waals surface area (Å²) in [6.07, 6.45) is -0.338. The molecule has 0 spiro atoms. The number of halogens is 3. The van der Waals surface area contributed by atoms with Gasteiger partial charge in [0, 0.05) is 23.5 Å². The van der Waals surface area contributed by atoms with Crippen LogP contribution in [-0.2, 0) is 16.3 Å². The van der Waals surface area contributed by atoms with Crippen LogP contribution in [0.2, 0.25) is 4.34 Å². The zero-order valence-corrected chi connectivity index (χ0v) is 15.9. The van der Waals surface area contributed by atoms with Crippen LogP contribution in [0.15, 0.2) is 6.07 Å². The van der Waals surface area contributed by atoms with E-state index in [4.69, 9.17) is 21.4 Å². The molecule has 0 aromatic carbocycles. The third-order valence-corrected chi connectivity index (χ3v) is 5.42. The number of amides is 1. The van der Waals surface area contributed by atoms with Crippen molar-refractivity contribution in [1.29, 1.82) is 0 Å². The predicted molar refractivity (Wildman–Crippen MR) is 91.2 cm³/mol. The van der Waals surface area contributed by atoms with Gasteiger partial charge in [0.05, 0.1) is 4.34 Å². The normalized spacial score (nSPS) is 18.3. The molecule has 0 aliphatic carbocycles. The monoisotopic (exact) mass is 397 g/mol. The maximum Gasteiger partial charge on any atom is 0.410 e. The van der Waals surface area contributed by atoms with Crippen LogP contribution in [0.5, 0.6) is 0 Å². The van der Waals surface area contributed by atoms with Gasteiger partial charge in [0.1, 0.15) is 17.8 Å². The fourth-order valence-corrected chi connectivity index (χ4v) is 4.10. The second kappa shape index (κ2) is 6.98. The van der Waals surface area contributed by atoms with E-state index in [0.29, 0.717) is 0 Å². The SMILES string of the molecule is CC(C)(C)OC(=O)N1CCC(O)(c2sc(Cl)cc2C(F)(F)CO)CC1. The summed E-state index contributed by atoms with van der Waals surface area (Å²) in [6.45, 7) is 4.23. The first kappa shape index (κ1) is 20.4. The lowest BCUT2D eigenvalue weighted by Gasteiger charge is -2.39. The summed E-state index contributed by atoms with van der Waals surface area (Å²) in [5, 5.41) is 19.8. The number of aliphatic hydroxyl groups is 2. The van der Waals surface area contributed by atoms with Crippen molar-refractivity contribution >= 4 is 29.0 Å². The lowest BCUT2D eigenvalue weighted by atomic mass is 9.87. The van der Waals surface area contributed by atoms with Gasteiger partial charge in [-0.1, -0.05) is 11.6 Å². The topological polar surface area (TPSA) is 70.0 Å². The van der Waals surface area contributed by atoms with E-state index >= 15 is 0 Å². The van der Waals surface area contributed by atoms with Crippen molar-refractivity contribution < 1.29 is 28.5 Å². The summed E-state index contributed by atoms with van der Waals surface area (Å²) in [5.41, 5.74) is -2.62. The highest BCUT2D eigenvalue weighted by Crippen LogP contribution is 2.46. The molecule has 0 unspecified atom stereocenters. The summed E-state index contributed by atoms with van der Waals surface area (Å²) < 4.78 is 33.4. The van der Waals surface area contributed by atoms with Crippen LogP contribution < -0.4 is 0 Å². The summed E-state index contributed by atoms with van der Waals surface area (Å²) in [4.78, 5) is 13.6. The van der Waals surface area contributed by atoms with E-state index in [2.05, 4.69) is 0 Å². The Balaban J connectivity index is 2.17. The summed E-state index contributed by atoms with van der Waals surface area (Å²) in [7, 11) is 0. The number of hydrogen-bond donors (Lipinski definition) is 2. The molecule has 25 heavy (non-hydrogen) atoms. The molecular weight excluding hydrogens is 376 g/mol. The molecule has 0 saturated carbocycles. The van der Waals surface area contributed by atoms with Crippen molar-refractivity contribution in [2.45, 2.75) is 50.7 Å². The van der Waals surface area contributed by atoms with E-state index in [1.807, 2.05) is 0 Å². The van der Waals surface area contributed by atoms with Crippen LogP contribution in [-0.4, -0.2) is 46.5 Å². The largest absolute Gasteiger partial charge is 0.444 e. The Morgan fingerprint density at radius 3 is 2.44 bits per heavy atom. The van der Waals surface area contributed by atoms with Crippen LogP contribution >= 0.6 is 22.9 Å². The van der Waals surface area contributed by atoms with Crippen LogP contribution in [0.4, 0.5) is 13.6 Å². The third kappa shape index (κ3) is 4.61. The molecule has 2 rings (SSSR count). The molecule has 2 N–H and O–H groups in total. The smallest absolute Gasteiger partial charge is 0.410 e. The molecule has 142 valence electrons. The zero-order valence-electron chi connectivity index (χ0n) is 14.3. The highest BCUT2D eigenvalue weighted by atomic mass is 35.5. The highest BCUT2D eigenvalue weighted by Gasteiger charge is 2.44. The van der Waals surface area contributed by atoms with Gasteiger partial charge in [-0.15, -0.1) is 11.3 Å².